The summed E-state index contributed by atoms with van der Waals surface area (Å²) in [5.74, 6) is 1.95. The number of nitrogens with one attached hydrogen (secondary N) is 2. The van der Waals surface area contributed by atoms with Crippen molar-refractivity contribution in [2.24, 2.45) is 4.99 Å². The fourth-order valence-electron chi connectivity index (χ4n) is 2.58. The lowest BCUT2D eigenvalue weighted by atomic mass is 9.97. The second-order valence-electron chi connectivity index (χ2n) is 7.49. The summed E-state index contributed by atoms with van der Waals surface area (Å²) in [7, 11) is 1.74. The van der Waals surface area contributed by atoms with Gasteiger partial charge in [-0.2, -0.15) is 10.1 Å². The van der Waals surface area contributed by atoms with Crippen molar-refractivity contribution in [1.29, 1.82) is 0 Å². The number of hydrogen-bond acceptors (Lipinski definition) is 5. The lowest BCUT2D eigenvalue weighted by molar-refractivity contribution is 0.318. The maximum atomic E-state index is 5.30. The van der Waals surface area contributed by atoms with Crippen LogP contribution < -0.4 is 10.6 Å². The van der Waals surface area contributed by atoms with Crippen molar-refractivity contribution < 1.29 is 4.52 Å². The molecule has 156 valence electrons. The summed E-state index contributed by atoms with van der Waals surface area (Å²) in [5, 5.41) is 14.8. The molecule has 1 aromatic carbocycles. The van der Waals surface area contributed by atoms with Gasteiger partial charge in [0.2, 0.25) is 5.89 Å². The quantitative estimate of drug-likeness (QED) is 0.302. The summed E-state index contributed by atoms with van der Waals surface area (Å²) in [4.78, 5) is 8.65. The summed E-state index contributed by atoms with van der Waals surface area (Å²) in [5.41, 5.74) is 2.14. The zero-order valence-corrected chi connectivity index (χ0v) is 19.5. The van der Waals surface area contributed by atoms with Crippen LogP contribution in [0.5, 0.6) is 0 Å². The molecule has 2 aromatic heterocycles. The molecule has 0 saturated carbocycles. The van der Waals surface area contributed by atoms with Gasteiger partial charge in [0.1, 0.15) is 0 Å². The molecule has 29 heavy (non-hydrogen) atoms. The number of aromatic nitrogens is 4. The molecule has 8 nitrogen and oxygen atoms in total. The van der Waals surface area contributed by atoms with Gasteiger partial charge in [-0.3, -0.25) is 4.99 Å². The van der Waals surface area contributed by atoms with Crippen LogP contribution in [0.4, 0.5) is 0 Å². The Labute approximate surface area is 188 Å². The summed E-state index contributed by atoms with van der Waals surface area (Å²) in [6.45, 7) is 7.34. The summed E-state index contributed by atoms with van der Waals surface area (Å²) < 4.78 is 7.15. The van der Waals surface area contributed by atoms with Crippen molar-refractivity contribution >= 4 is 29.9 Å². The number of hydrogen-bond donors (Lipinski definition) is 2. The molecule has 0 aliphatic rings. The molecule has 9 heteroatoms. The zero-order chi connectivity index (χ0) is 20.0. The Morgan fingerprint density at radius 3 is 2.52 bits per heavy atom. The highest BCUT2D eigenvalue weighted by Crippen LogP contribution is 2.19. The minimum Gasteiger partial charge on any atom is -0.356 e. The van der Waals surface area contributed by atoms with E-state index in [2.05, 4.69) is 55.1 Å². The van der Waals surface area contributed by atoms with E-state index in [1.54, 1.807) is 13.2 Å². The van der Waals surface area contributed by atoms with Crippen molar-refractivity contribution in [1.82, 2.24) is 30.6 Å². The smallest absolute Gasteiger partial charge is 0.232 e. The van der Waals surface area contributed by atoms with Gasteiger partial charge in [-0.1, -0.05) is 38.1 Å². The van der Waals surface area contributed by atoms with Crippen molar-refractivity contribution in [2.75, 3.05) is 13.6 Å². The highest BCUT2D eigenvalue weighted by atomic mass is 127. The molecule has 0 aliphatic carbocycles. The number of aliphatic imine (C=N–C) groups is 1. The van der Waals surface area contributed by atoms with E-state index in [0.29, 0.717) is 24.2 Å². The maximum absolute atomic E-state index is 5.30. The zero-order valence-electron chi connectivity index (χ0n) is 17.2. The van der Waals surface area contributed by atoms with Crippen LogP contribution in [-0.2, 0) is 18.4 Å². The molecule has 0 spiro atoms. The number of halogens is 1. The second-order valence-corrected chi connectivity index (χ2v) is 7.49. The van der Waals surface area contributed by atoms with Crippen LogP contribution in [-0.4, -0.2) is 39.5 Å². The average molecular weight is 509 g/mol. The Bertz CT molecular complexity index is 896. The number of rotatable bonds is 6. The molecular weight excluding hydrogens is 481 g/mol. The van der Waals surface area contributed by atoms with Crippen LogP contribution in [0.25, 0.3) is 5.69 Å². The van der Waals surface area contributed by atoms with Crippen LogP contribution in [0.1, 0.15) is 38.0 Å². The first kappa shape index (κ1) is 22.9. The first-order valence-electron chi connectivity index (χ1n) is 9.32. The topological polar surface area (TPSA) is 93.2 Å². The maximum Gasteiger partial charge on any atom is 0.232 e. The van der Waals surface area contributed by atoms with Gasteiger partial charge in [0, 0.05) is 31.4 Å². The van der Waals surface area contributed by atoms with E-state index in [4.69, 9.17) is 4.52 Å². The minimum atomic E-state index is -0.155. The fraction of sp³-hybridized carbons (Fsp3) is 0.400. The van der Waals surface area contributed by atoms with E-state index in [1.165, 1.54) is 5.56 Å². The van der Waals surface area contributed by atoms with Gasteiger partial charge in [0.15, 0.2) is 11.8 Å². The summed E-state index contributed by atoms with van der Waals surface area (Å²) in [6, 6.07) is 10.3. The molecule has 0 radical (unpaired) electrons. The first-order chi connectivity index (χ1) is 13.5. The van der Waals surface area contributed by atoms with E-state index in [1.807, 2.05) is 37.7 Å². The molecular formula is C20H28IN7O. The number of benzene rings is 1. The van der Waals surface area contributed by atoms with E-state index in [-0.39, 0.29) is 29.4 Å². The third-order valence-electron chi connectivity index (χ3n) is 4.16. The van der Waals surface area contributed by atoms with Gasteiger partial charge >= 0.3 is 0 Å². The Kier molecular flexibility index (Phi) is 8.18. The second kappa shape index (κ2) is 10.4. The molecule has 0 unspecified atom stereocenters. The molecule has 3 rings (SSSR count). The SMILES string of the molecule is CN=C(NCCc1ccc(-n2cccn2)cc1)NCc1noc(C(C)(C)C)n1.I. The summed E-state index contributed by atoms with van der Waals surface area (Å²) >= 11 is 0. The Morgan fingerprint density at radius 2 is 1.93 bits per heavy atom. The third-order valence-corrected chi connectivity index (χ3v) is 4.16. The van der Waals surface area contributed by atoms with Crippen molar-refractivity contribution in [3.05, 3.63) is 60.0 Å². The molecule has 3 aromatic rings. The minimum absolute atomic E-state index is 0. The van der Waals surface area contributed by atoms with Crippen molar-refractivity contribution in [3.63, 3.8) is 0 Å². The standard InChI is InChI=1S/C20H27N7O.HI/c1-20(2,3)18-25-17(26-28-18)14-23-19(21-4)22-12-10-15-6-8-16(9-7-15)27-13-5-11-24-27;/h5-9,11,13H,10,12,14H2,1-4H3,(H2,21,22,23);1H. The fourth-order valence-corrected chi connectivity index (χ4v) is 2.58. The van der Waals surface area contributed by atoms with Crippen LogP contribution in [0.2, 0.25) is 0 Å². The van der Waals surface area contributed by atoms with E-state index >= 15 is 0 Å². The predicted molar refractivity (Wildman–Crippen MR) is 124 cm³/mol. The van der Waals surface area contributed by atoms with Gasteiger partial charge < -0.3 is 15.2 Å². The van der Waals surface area contributed by atoms with Gasteiger partial charge in [0.05, 0.1) is 12.2 Å². The van der Waals surface area contributed by atoms with Crippen molar-refractivity contribution in [3.8, 4) is 5.69 Å². The van der Waals surface area contributed by atoms with Crippen LogP contribution in [0.3, 0.4) is 0 Å². The largest absolute Gasteiger partial charge is 0.356 e. The third kappa shape index (κ3) is 6.55. The Hall–Kier alpha value is -2.43. The molecule has 0 bridgehead atoms. The van der Waals surface area contributed by atoms with Gasteiger partial charge in [-0.25, -0.2) is 4.68 Å². The normalized spacial score (nSPS) is 11.8. The molecule has 2 N–H and O–H groups in total. The lowest BCUT2D eigenvalue weighted by Gasteiger charge is -2.11. The van der Waals surface area contributed by atoms with E-state index < -0.39 is 0 Å². The Balaban J connectivity index is 0.00000300. The highest BCUT2D eigenvalue weighted by Gasteiger charge is 2.21. The molecule has 0 aliphatic heterocycles. The van der Waals surface area contributed by atoms with Gasteiger partial charge in [-0.05, 0) is 30.2 Å². The predicted octanol–water partition coefficient (Wildman–Crippen LogP) is 3.08. The number of nitrogens with zero attached hydrogens (tertiary/aromatic N) is 5. The van der Waals surface area contributed by atoms with Gasteiger partial charge in [0.25, 0.3) is 0 Å². The van der Waals surface area contributed by atoms with Crippen molar-refractivity contribution in [2.45, 2.75) is 39.2 Å². The summed E-state index contributed by atoms with van der Waals surface area (Å²) in [6.07, 6.45) is 4.59. The van der Waals surface area contributed by atoms with Crippen LogP contribution in [0, 0.1) is 0 Å². The molecule has 0 atom stereocenters. The van der Waals surface area contributed by atoms with Gasteiger partial charge in [-0.15, -0.1) is 24.0 Å². The molecule has 0 saturated heterocycles. The highest BCUT2D eigenvalue weighted by molar-refractivity contribution is 14.0. The van der Waals surface area contributed by atoms with Crippen LogP contribution >= 0.6 is 24.0 Å². The molecule has 2 heterocycles. The first-order valence-corrected chi connectivity index (χ1v) is 9.32. The molecule has 0 fully saturated rings. The average Bonchev–Trinajstić information content (AvgIpc) is 3.36. The Morgan fingerprint density at radius 1 is 1.17 bits per heavy atom. The monoisotopic (exact) mass is 509 g/mol. The van der Waals surface area contributed by atoms with E-state index in [9.17, 15) is 0 Å². The van der Waals surface area contributed by atoms with E-state index in [0.717, 1.165) is 18.7 Å². The number of guanidine groups is 1. The van der Waals surface area contributed by atoms with Crippen LogP contribution in [0.15, 0.2) is 52.2 Å². The molecule has 0 amide bonds. The lowest BCUT2D eigenvalue weighted by Crippen LogP contribution is -2.38.